The van der Waals surface area contributed by atoms with E-state index >= 15 is 0 Å². The zero-order valence-corrected chi connectivity index (χ0v) is 12.3. The Labute approximate surface area is 120 Å². The maximum absolute atomic E-state index is 13.6. The Morgan fingerprint density at radius 2 is 2.00 bits per heavy atom. The molecule has 0 bridgehead atoms. The van der Waals surface area contributed by atoms with Crippen molar-refractivity contribution in [1.82, 2.24) is 5.43 Å². The second-order valence-corrected chi connectivity index (χ2v) is 5.44. The van der Waals surface area contributed by atoms with Crippen LogP contribution in [0.25, 0.3) is 0 Å². The Hall–Kier alpha value is -0.640. The quantitative estimate of drug-likeness (QED) is 0.405. The first-order valence-electron chi connectivity index (χ1n) is 7.07. The van der Waals surface area contributed by atoms with Gasteiger partial charge in [0.25, 0.3) is 0 Å². The van der Waals surface area contributed by atoms with E-state index in [0.717, 1.165) is 12.8 Å². The standard InChI is InChI=1S/C15H24ClFN2/c1-2-3-4-5-6-7-14(19-18)11-12-10-13(16)8-9-15(12)17/h8-10,14,19H,2-7,11,18H2,1H3. The van der Waals surface area contributed by atoms with Crippen LogP contribution in [0.1, 0.15) is 51.0 Å². The third-order valence-corrected chi connectivity index (χ3v) is 3.60. The molecule has 0 fully saturated rings. The SMILES string of the molecule is CCCCCCCC(Cc1cc(Cl)ccc1F)NN. The Balaban J connectivity index is 2.41. The molecule has 108 valence electrons. The van der Waals surface area contributed by atoms with Gasteiger partial charge < -0.3 is 0 Å². The minimum Gasteiger partial charge on any atom is -0.271 e. The molecule has 1 atom stereocenters. The number of unbranched alkanes of at least 4 members (excludes halogenated alkanes) is 4. The predicted octanol–water partition coefficient (Wildman–Crippen LogP) is 4.21. The first kappa shape index (κ1) is 16.4. The minimum absolute atomic E-state index is 0.106. The summed E-state index contributed by atoms with van der Waals surface area (Å²) in [7, 11) is 0. The number of nitrogens with one attached hydrogen (secondary N) is 1. The average Bonchev–Trinajstić information content (AvgIpc) is 2.41. The highest BCUT2D eigenvalue weighted by Gasteiger charge is 2.11. The van der Waals surface area contributed by atoms with Crippen LogP contribution in [0, 0.1) is 5.82 Å². The normalized spacial score (nSPS) is 12.6. The van der Waals surface area contributed by atoms with Crippen molar-refractivity contribution in [3.8, 4) is 0 Å². The van der Waals surface area contributed by atoms with E-state index in [-0.39, 0.29) is 11.9 Å². The van der Waals surface area contributed by atoms with E-state index in [1.54, 1.807) is 12.1 Å². The first-order chi connectivity index (χ1) is 9.17. The third kappa shape index (κ3) is 6.37. The van der Waals surface area contributed by atoms with Crippen LogP contribution >= 0.6 is 11.6 Å². The number of hydrazine groups is 1. The van der Waals surface area contributed by atoms with Gasteiger partial charge in [0.15, 0.2) is 0 Å². The van der Waals surface area contributed by atoms with Crippen molar-refractivity contribution < 1.29 is 4.39 Å². The molecule has 0 saturated heterocycles. The van der Waals surface area contributed by atoms with E-state index in [9.17, 15) is 4.39 Å². The Kier molecular flexibility index (Phi) is 8.03. The minimum atomic E-state index is -0.212. The van der Waals surface area contributed by atoms with E-state index in [2.05, 4.69) is 12.3 Å². The van der Waals surface area contributed by atoms with Crippen LogP contribution in [0.3, 0.4) is 0 Å². The molecule has 0 saturated carbocycles. The molecule has 0 spiro atoms. The molecule has 0 aliphatic rings. The van der Waals surface area contributed by atoms with Crippen LogP contribution in [0.4, 0.5) is 4.39 Å². The van der Waals surface area contributed by atoms with Gasteiger partial charge in [0.2, 0.25) is 0 Å². The van der Waals surface area contributed by atoms with E-state index in [1.165, 1.54) is 31.7 Å². The van der Waals surface area contributed by atoms with Gasteiger partial charge >= 0.3 is 0 Å². The molecule has 0 aliphatic carbocycles. The summed E-state index contributed by atoms with van der Waals surface area (Å²) < 4.78 is 13.6. The molecular weight excluding hydrogens is 263 g/mol. The van der Waals surface area contributed by atoms with Crippen LogP contribution in [-0.2, 0) is 6.42 Å². The highest BCUT2D eigenvalue weighted by molar-refractivity contribution is 6.30. The zero-order chi connectivity index (χ0) is 14.1. The van der Waals surface area contributed by atoms with Crippen molar-refractivity contribution >= 4 is 11.6 Å². The number of hydrogen-bond acceptors (Lipinski definition) is 2. The molecule has 2 nitrogen and oxygen atoms in total. The number of rotatable bonds is 9. The maximum Gasteiger partial charge on any atom is 0.126 e. The fraction of sp³-hybridized carbons (Fsp3) is 0.600. The molecule has 4 heteroatoms. The molecule has 1 rings (SSSR count). The molecule has 0 heterocycles. The van der Waals surface area contributed by atoms with Gasteiger partial charge in [0.05, 0.1) is 0 Å². The lowest BCUT2D eigenvalue weighted by atomic mass is 10.00. The molecule has 1 aromatic rings. The van der Waals surface area contributed by atoms with Crippen molar-refractivity contribution in [2.24, 2.45) is 5.84 Å². The summed E-state index contributed by atoms with van der Waals surface area (Å²) in [5, 5.41) is 0.565. The van der Waals surface area contributed by atoms with Gasteiger partial charge in [-0.2, -0.15) is 0 Å². The topological polar surface area (TPSA) is 38.0 Å². The summed E-state index contributed by atoms with van der Waals surface area (Å²) in [5.41, 5.74) is 3.41. The van der Waals surface area contributed by atoms with Crippen molar-refractivity contribution in [1.29, 1.82) is 0 Å². The summed E-state index contributed by atoms with van der Waals surface area (Å²) in [6, 6.07) is 4.76. The Bertz CT molecular complexity index is 371. The Morgan fingerprint density at radius 1 is 1.26 bits per heavy atom. The molecule has 19 heavy (non-hydrogen) atoms. The fourth-order valence-corrected chi connectivity index (χ4v) is 2.40. The number of nitrogens with two attached hydrogens (primary N) is 1. The van der Waals surface area contributed by atoms with Gasteiger partial charge in [-0.1, -0.05) is 50.6 Å². The molecule has 0 radical (unpaired) electrons. The second-order valence-electron chi connectivity index (χ2n) is 5.01. The second kappa shape index (κ2) is 9.29. The molecule has 0 aliphatic heterocycles. The predicted molar refractivity (Wildman–Crippen MR) is 79.6 cm³/mol. The lowest BCUT2D eigenvalue weighted by Gasteiger charge is -2.16. The number of benzene rings is 1. The maximum atomic E-state index is 13.6. The van der Waals surface area contributed by atoms with Crippen molar-refractivity contribution in [2.75, 3.05) is 0 Å². The molecule has 1 unspecified atom stereocenters. The average molecular weight is 287 g/mol. The molecule has 0 aromatic heterocycles. The van der Waals surface area contributed by atoms with Crippen LogP contribution in [0.5, 0.6) is 0 Å². The Morgan fingerprint density at radius 3 is 2.68 bits per heavy atom. The van der Waals surface area contributed by atoms with Gasteiger partial charge in [-0.15, -0.1) is 0 Å². The summed E-state index contributed by atoms with van der Waals surface area (Å²) in [6.07, 6.45) is 7.67. The van der Waals surface area contributed by atoms with E-state index in [1.807, 2.05) is 0 Å². The van der Waals surface area contributed by atoms with Crippen LogP contribution < -0.4 is 11.3 Å². The highest BCUT2D eigenvalue weighted by atomic mass is 35.5. The van der Waals surface area contributed by atoms with Crippen LogP contribution in [0.2, 0.25) is 5.02 Å². The molecule has 1 aromatic carbocycles. The summed E-state index contributed by atoms with van der Waals surface area (Å²) in [6.45, 7) is 2.20. The number of halogens is 2. The molecular formula is C15H24ClFN2. The van der Waals surface area contributed by atoms with Crippen LogP contribution in [0.15, 0.2) is 18.2 Å². The lowest BCUT2D eigenvalue weighted by molar-refractivity contribution is 0.453. The number of hydrogen-bond donors (Lipinski definition) is 2. The largest absolute Gasteiger partial charge is 0.271 e. The molecule has 0 amide bonds. The van der Waals surface area contributed by atoms with Crippen molar-refractivity contribution in [3.05, 3.63) is 34.6 Å². The lowest BCUT2D eigenvalue weighted by Crippen LogP contribution is -2.36. The summed E-state index contributed by atoms with van der Waals surface area (Å²) in [4.78, 5) is 0. The van der Waals surface area contributed by atoms with Gasteiger partial charge in [0.1, 0.15) is 5.82 Å². The molecule has 3 N–H and O–H groups in total. The van der Waals surface area contributed by atoms with Crippen molar-refractivity contribution in [2.45, 2.75) is 57.9 Å². The van der Waals surface area contributed by atoms with Gasteiger partial charge in [0, 0.05) is 11.1 Å². The van der Waals surface area contributed by atoms with Crippen LogP contribution in [-0.4, -0.2) is 6.04 Å². The van der Waals surface area contributed by atoms with Gasteiger partial charge in [-0.05, 0) is 36.6 Å². The van der Waals surface area contributed by atoms with E-state index < -0.39 is 0 Å². The first-order valence-corrected chi connectivity index (χ1v) is 7.45. The monoisotopic (exact) mass is 286 g/mol. The van der Waals surface area contributed by atoms with Crippen molar-refractivity contribution in [3.63, 3.8) is 0 Å². The summed E-state index contributed by atoms with van der Waals surface area (Å²) >= 11 is 5.89. The van der Waals surface area contributed by atoms with E-state index in [4.69, 9.17) is 17.4 Å². The van der Waals surface area contributed by atoms with Gasteiger partial charge in [-0.25, -0.2) is 4.39 Å². The van der Waals surface area contributed by atoms with E-state index in [0.29, 0.717) is 17.0 Å². The zero-order valence-electron chi connectivity index (χ0n) is 11.6. The van der Waals surface area contributed by atoms with Gasteiger partial charge in [-0.3, -0.25) is 11.3 Å². The smallest absolute Gasteiger partial charge is 0.126 e. The summed E-state index contributed by atoms with van der Waals surface area (Å²) in [5.74, 6) is 5.33. The third-order valence-electron chi connectivity index (χ3n) is 3.37. The fourth-order valence-electron chi connectivity index (χ4n) is 2.20. The highest BCUT2D eigenvalue weighted by Crippen LogP contribution is 2.18.